The second-order valence-electron chi connectivity index (χ2n) is 11.5. The smallest absolute Gasteiger partial charge is 0.430 e. The molecule has 10 nitrogen and oxygen atoms in total. The minimum absolute atomic E-state index is 0.0998. The molecule has 1 N–H and O–H groups in total. The van der Waals surface area contributed by atoms with Crippen molar-refractivity contribution < 1.29 is 42.0 Å². The van der Waals surface area contributed by atoms with Gasteiger partial charge in [0.2, 0.25) is 5.79 Å². The Morgan fingerprint density at radius 1 is 1.02 bits per heavy atom. The van der Waals surface area contributed by atoms with Crippen LogP contribution < -0.4 is 9.64 Å². The summed E-state index contributed by atoms with van der Waals surface area (Å²) in [5.41, 5.74) is -1.84. The van der Waals surface area contributed by atoms with Crippen molar-refractivity contribution in [2.75, 3.05) is 58.5 Å². The highest BCUT2D eigenvalue weighted by Gasteiger charge is 2.63. The van der Waals surface area contributed by atoms with Gasteiger partial charge in [-0.05, 0) is 36.4 Å². The molecule has 2 aliphatic heterocycles. The molecule has 2 fully saturated rings. The zero-order valence-corrected chi connectivity index (χ0v) is 28.9. The Balaban J connectivity index is 0.00000239. The van der Waals surface area contributed by atoms with Crippen molar-refractivity contribution in [3.8, 4) is 5.75 Å². The van der Waals surface area contributed by atoms with E-state index in [2.05, 4.69) is 4.98 Å². The number of rotatable bonds is 10. The molecule has 0 spiro atoms. The summed E-state index contributed by atoms with van der Waals surface area (Å²) < 4.78 is 68.8. The number of carbonyl (C=O) groups excluding carboxylic acids is 1. The zero-order valence-electron chi connectivity index (χ0n) is 27.4. The third-order valence-electron chi connectivity index (χ3n) is 8.54. The molecule has 0 radical (unpaired) electrons. The van der Waals surface area contributed by atoms with Gasteiger partial charge in [-0.1, -0.05) is 59.6 Å². The monoisotopic (exact) mass is 736 g/mol. The Hall–Kier alpha value is -3.85. The topological polar surface area (TPSA) is 98.5 Å². The van der Waals surface area contributed by atoms with Gasteiger partial charge in [-0.15, -0.1) is 0 Å². The first-order chi connectivity index (χ1) is 24.0. The summed E-state index contributed by atoms with van der Waals surface area (Å²) in [5, 5.41) is 7.91. The van der Waals surface area contributed by atoms with Gasteiger partial charge in [0, 0.05) is 74.6 Å². The fourth-order valence-electron chi connectivity index (χ4n) is 6.11. The lowest BCUT2D eigenvalue weighted by molar-refractivity contribution is -0.270. The lowest BCUT2D eigenvalue weighted by atomic mass is 9.90. The van der Waals surface area contributed by atoms with Crippen molar-refractivity contribution in [3.63, 3.8) is 0 Å². The number of aromatic nitrogens is 2. The summed E-state index contributed by atoms with van der Waals surface area (Å²) in [5.74, 6) is -1.70. The third-order valence-corrected chi connectivity index (χ3v) is 9.09. The van der Waals surface area contributed by atoms with Crippen molar-refractivity contribution in [2.24, 2.45) is 0 Å². The summed E-state index contributed by atoms with van der Waals surface area (Å²) in [6.07, 6.45) is -0.213. The van der Waals surface area contributed by atoms with Crippen LogP contribution in [-0.4, -0.2) is 91.4 Å². The van der Waals surface area contributed by atoms with Crippen LogP contribution in [0.15, 0.2) is 91.5 Å². The average molecular weight is 738 g/mol. The molecule has 3 atom stereocenters. The third kappa shape index (κ3) is 7.73. The van der Waals surface area contributed by atoms with E-state index in [9.17, 15) is 18.0 Å². The maximum absolute atomic E-state index is 14.4. The summed E-state index contributed by atoms with van der Waals surface area (Å²) in [6.45, 7) is 1.67. The number of anilines is 1. The molecule has 0 unspecified atom stereocenters. The highest BCUT2D eigenvalue weighted by atomic mass is 35.5. The number of hydrogen-bond donors (Lipinski definition) is 1. The maximum Gasteiger partial charge on any atom is 0.430 e. The molecule has 6 rings (SSSR count). The van der Waals surface area contributed by atoms with Crippen molar-refractivity contribution in [1.29, 1.82) is 0 Å². The van der Waals surface area contributed by atoms with Crippen molar-refractivity contribution in [1.82, 2.24) is 14.5 Å². The highest BCUT2D eigenvalue weighted by Crippen LogP contribution is 2.44. The molecule has 0 saturated carbocycles. The summed E-state index contributed by atoms with van der Waals surface area (Å²) in [6, 6.07) is 19.5. The van der Waals surface area contributed by atoms with E-state index in [-0.39, 0.29) is 31.9 Å². The molecule has 15 heteroatoms. The summed E-state index contributed by atoms with van der Waals surface area (Å²) >= 11 is 12.7. The summed E-state index contributed by atoms with van der Waals surface area (Å²) in [7, 11) is 1.91. The van der Waals surface area contributed by atoms with Gasteiger partial charge in [0.25, 0.3) is 11.5 Å². The number of ether oxygens (including phenoxy) is 4. The van der Waals surface area contributed by atoms with Crippen LogP contribution in [0.2, 0.25) is 10.0 Å². The van der Waals surface area contributed by atoms with Crippen LogP contribution in [0.25, 0.3) is 0 Å². The normalized spacial score (nSPS) is 20.5. The van der Waals surface area contributed by atoms with Crippen LogP contribution in [0.3, 0.4) is 0 Å². The van der Waals surface area contributed by atoms with Gasteiger partial charge in [-0.2, -0.15) is 13.2 Å². The molecule has 3 aromatic carbocycles. The largest absolute Gasteiger partial charge is 0.491 e. The summed E-state index contributed by atoms with van der Waals surface area (Å²) in [4.78, 5) is 20.7. The molecule has 1 amide bonds. The molecule has 2 saturated heterocycles. The number of benzene rings is 3. The van der Waals surface area contributed by atoms with Crippen LogP contribution in [0.1, 0.15) is 11.1 Å². The van der Waals surface area contributed by atoms with Crippen LogP contribution >= 0.6 is 23.2 Å². The number of aliphatic hydroxyl groups excluding tert-OH is 1. The number of halogens is 5. The highest BCUT2D eigenvalue weighted by molar-refractivity contribution is 6.35. The Morgan fingerprint density at radius 3 is 2.32 bits per heavy atom. The Labute approximate surface area is 297 Å². The van der Waals surface area contributed by atoms with Crippen molar-refractivity contribution in [2.45, 2.75) is 30.2 Å². The number of aliphatic hydroxyl groups is 1. The minimum atomic E-state index is -4.95. The molecule has 1 aromatic heterocycles. The number of carbonyl (C=O) groups is 1. The van der Waals surface area contributed by atoms with E-state index in [4.69, 9.17) is 47.3 Å². The Kier molecular flexibility index (Phi) is 12.0. The van der Waals surface area contributed by atoms with Crippen LogP contribution in [0.4, 0.5) is 18.9 Å². The SMILES string of the molecule is CO.CO[C@@](C(=O)N1CCN(c2ccc(OC[C@H]3CO[C@](Cn4ccnc4)(c4ccc(Cl)cc4Cl)O3)cc2)CC1)(c1ccccc1)C(F)(F)F. The van der Waals surface area contributed by atoms with Gasteiger partial charge >= 0.3 is 6.18 Å². The first-order valence-electron chi connectivity index (χ1n) is 15.7. The number of piperazine rings is 1. The van der Waals surface area contributed by atoms with E-state index < -0.39 is 29.6 Å². The molecular formula is C35H37Cl2F3N4O6. The number of imidazole rings is 1. The van der Waals surface area contributed by atoms with Gasteiger partial charge < -0.3 is 38.4 Å². The van der Waals surface area contributed by atoms with Gasteiger partial charge in [0.1, 0.15) is 18.5 Å². The molecular weight excluding hydrogens is 700 g/mol. The van der Waals surface area contributed by atoms with Gasteiger partial charge in [0.15, 0.2) is 0 Å². The average Bonchev–Trinajstić information content (AvgIpc) is 3.79. The maximum atomic E-state index is 14.4. The predicted molar refractivity (Wildman–Crippen MR) is 181 cm³/mol. The molecule has 50 heavy (non-hydrogen) atoms. The van der Waals surface area contributed by atoms with Crippen LogP contribution in [0, 0.1) is 0 Å². The fraction of sp³-hybridized carbons (Fsp3) is 0.371. The molecule has 2 aliphatic rings. The Morgan fingerprint density at radius 2 is 1.72 bits per heavy atom. The second-order valence-corrected chi connectivity index (χ2v) is 12.3. The fourth-order valence-corrected chi connectivity index (χ4v) is 6.66. The minimum Gasteiger partial charge on any atom is -0.491 e. The predicted octanol–water partition coefficient (Wildman–Crippen LogP) is 5.90. The molecule has 0 bridgehead atoms. The van der Waals surface area contributed by atoms with E-state index >= 15 is 0 Å². The van der Waals surface area contributed by atoms with Crippen LogP contribution in [0.5, 0.6) is 5.75 Å². The van der Waals surface area contributed by atoms with Crippen molar-refractivity contribution >= 4 is 34.8 Å². The molecule has 4 aromatic rings. The lowest BCUT2D eigenvalue weighted by Crippen LogP contribution is -2.60. The second kappa shape index (κ2) is 16.0. The van der Waals surface area contributed by atoms with E-state index in [0.29, 0.717) is 41.0 Å². The van der Waals surface area contributed by atoms with E-state index in [1.54, 1.807) is 36.8 Å². The van der Waals surface area contributed by atoms with Gasteiger partial charge in [-0.25, -0.2) is 4.98 Å². The standard InChI is InChI=1S/C34H33Cl2F3N4O5.CH4O/c1-45-33(34(37,38)39,24-5-3-2-4-6-24)31(44)43-17-15-42(16-18-43)26-8-10-27(11-9-26)46-20-28-21-47-32(48-28,22-41-14-13-40-23-41)29-12-7-25(35)19-30(29)36;1-2/h2-14,19,23,28H,15-18,20-22H2,1H3;2H,1H3/t28-,32-,33+;/m0./s1. The number of amides is 1. The zero-order chi connectivity index (χ0) is 35.9. The number of alkyl halides is 3. The number of hydrogen-bond acceptors (Lipinski definition) is 8. The van der Waals surface area contributed by atoms with Gasteiger partial charge in [-0.3, -0.25) is 4.79 Å². The van der Waals surface area contributed by atoms with E-state index in [1.165, 1.54) is 29.2 Å². The van der Waals surface area contributed by atoms with Crippen LogP contribution in [-0.2, 0) is 36.9 Å². The number of methoxy groups -OCH3 is 1. The molecule has 3 heterocycles. The first kappa shape index (κ1) is 37.4. The van der Waals surface area contributed by atoms with Gasteiger partial charge in [0.05, 0.1) is 24.5 Å². The Bertz CT molecular complexity index is 1690. The van der Waals surface area contributed by atoms with E-state index in [0.717, 1.165) is 19.9 Å². The molecule has 0 aliphatic carbocycles. The first-order valence-corrected chi connectivity index (χ1v) is 16.4. The quantitative estimate of drug-likeness (QED) is 0.215. The molecule has 268 valence electrons. The van der Waals surface area contributed by atoms with E-state index in [1.807, 2.05) is 39.9 Å². The number of nitrogens with zero attached hydrogens (tertiary/aromatic N) is 4. The van der Waals surface area contributed by atoms with Crippen molar-refractivity contribution in [3.05, 3.63) is 113 Å². The lowest BCUT2D eigenvalue weighted by Gasteiger charge is -2.41.